The smallest absolute Gasteiger partial charge is 0.409 e. The van der Waals surface area contributed by atoms with Crippen LogP contribution in [0.25, 0.3) is 11.3 Å². The van der Waals surface area contributed by atoms with Crippen molar-refractivity contribution in [2.75, 3.05) is 11.9 Å². The van der Waals surface area contributed by atoms with Crippen molar-refractivity contribution in [3.05, 3.63) is 63.2 Å². The predicted octanol–water partition coefficient (Wildman–Crippen LogP) is 6.84. The molecule has 4 rings (SSSR count). The number of aromatic nitrogens is 3. The number of halogens is 2. The quantitative estimate of drug-likeness (QED) is 0.231. The molecule has 1 atom stereocenters. The van der Waals surface area contributed by atoms with Crippen LogP contribution in [0.4, 0.5) is 10.5 Å². The van der Waals surface area contributed by atoms with Crippen LogP contribution in [0.5, 0.6) is 0 Å². The van der Waals surface area contributed by atoms with Gasteiger partial charge in [0.15, 0.2) is 5.15 Å². The van der Waals surface area contributed by atoms with Gasteiger partial charge in [-0.15, -0.1) is 0 Å². The number of benzene rings is 1. The molecule has 1 aliphatic rings. The van der Waals surface area contributed by atoms with Crippen LogP contribution >= 0.6 is 27.5 Å². The minimum Gasteiger partial charge on any atom is -0.465 e. The van der Waals surface area contributed by atoms with E-state index in [1.54, 1.807) is 12.1 Å². The molecule has 7 nitrogen and oxygen atoms in total. The number of amides is 1. The number of rotatable bonds is 8. The monoisotopic (exact) mass is 562 g/mol. The molecule has 3 aromatic rings. The molecule has 0 saturated carbocycles. The number of nitrogens with zero attached hydrogens (tertiary/aromatic N) is 3. The van der Waals surface area contributed by atoms with Gasteiger partial charge in [0, 0.05) is 36.6 Å². The maximum atomic E-state index is 11.0. The second-order valence-corrected chi connectivity index (χ2v) is 16.6. The minimum atomic E-state index is -1.22. The molecule has 10 heteroatoms. The van der Waals surface area contributed by atoms with Gasteiger partial charge in [-0.05, 0) is 58.6 Å². The van der Waals surface area contributed by atoms with E-state index in [4.69, 9.17) is 31.4 Å². The van der Waals surface area contributed by atoms with Crippen LogP contribution in [0.15, 0.2) is 41.0 Å². The number of carbonyl (C=O) groups is 1. The van der Waals surface area contributed by atoms with Crippen LogP contribution in [0, 0.1) is 0 Å². The number of fused-ring (bicyclic) bond motifs is 1. The summed E-state index contributed by atoms with van der Waals surface area (Å²) in [6, 6.07) is 10.3. The van der Waals surface area contributed by atoms with Crippen LogP contribution in [0.1, 0.15) is 29.4 Å². The van der Waals surface area contributed by atoms with Gasteiger partial charge in [0.2, 0.25) is 0 Å². The van der Waals surface area contributed by atoms with E-state index >= 15 is 0 Å². The molecule has 1 unspecified atom stereocenters. The SMILES string of the molecule is C[Si](C)(C)CCOCn1c(C2CCc3cc(Br)cnc32)nc(Cl)c1-c1ccc(NC(=O)O)cc1. The first-order chi connectivity index (χ1) is 16.1. The molecule has 0 spiro atoms. The van der Waals surface area contributed by atoms with Crippen molar-refractivity contribution in [3.63, 3.8) is 0 Å². The third-order valence-electron chi connectivity index (χ3n) is 5.89. The number of pyridine rings is 1. The van der Waals surface area contributed by atoms with Crippen molar-refractivity contribution in [1.29, 1.82) is 0 Å². The lowest BCUT2D eigenvalue weighted by molar-refractivity contribution is 0.0857. The summed E-state index contributed by atoms with van der Waals surface area (Å²) in [7, 11) is -1.22. The zero-order chi connectivity index (χ0) is 24.5. The Bertz CT molecular complexity index is 1190. The lowest BCUT2D eigenvalue weighted by Crippen LogP contribution is -2.22. The Balaban J connectivity index is 1.70. The maximum Gasteiger partial charge on any atom is 0.409 e. The lowest BCUT2D eigenvalue weighted by Gasteiger charge is -2.19. The largest absolute Gasteiger partial charge is 0.465 e. The van der Waals surface area contributed by atoms with Gasteiger partial charge >= 0.3 is 6.09 Å². The second-order valence-electron chi connectivity index (χ2n) is 9.68. The fourth-order valence-electron chi connectivity index (χ4n) is 4.17. The number of hydrogen-bond acceptors (Lipinski definition) is 4. The number of imidazole rings is 1. The third kappa shape index (κ3) is 5.71. The van der Waals surface area contributed by atoms with Gasteiger partial charge < -0.3 is 14.4 Å². The average Bonchev–Trinajstić information content (AvgIpc) is 3.30. The molecule has 1 amide bonds. The fraction of sp³-hybridized carbons (Fsp3) is 0.375. The Labute approximate surface area is 213 Å². The standard InChI is InChI=1S/C24H28BrClN4O3Si/c1-34(2,3)11-10-33-14-30-21(15-4-7-18(8-5-15)28-24(31)32)22(26)29-23(30)19-9-6-16-12-17(25)13-27-20(16)19/h4-5,7-8,12-13,19,28H,6,9-11,14H2,1-3H3,(H,31,32). The number of carboxylic acid groups (broad SMARTS) is 1. The molecule has 0 saturated heterocycles. The molecule has 2 heterocycles. The highest BCUT2D eigenvalue weighted by Crippen LogP contribution is 2.40. The Hall–Kier alpha value is -2.20. The summed E-state index contributed by atoms with van der Waals surface area (Å²) in [4.78, 5) is 20.4. The summed E-state index contributed by atoms with van der Waals surface area (Å²) < 4.78 is 9.16. The molecular weight excluding hydrogens is 536 g/mol. The van der Waals surface area contributed by atoms with Crippen molar-refractivity contribution in [1.82, 2.24) is 14.5 Å². The summed E-state index contributed by atoms with van der Waals surface area (Å²) in [5, 5.41) is 11.7. The van der Waals surface area contributed by atoms with Crippen molar-refractivity contribution in [2.45, 2.75) is 51.2 Å². The van der Waals surface area contributed by atoms with E-state index in [0.717, 1.165) is 46.1 Å². The van der Waals surface area contributed by atoms with E-state index in [9.17, 15) is 4.79 Å². The third-order valence-corrected chi connectivity index (χ3v) is 8.29. The minimum absolute atomic E-state index is 0.0305. The molecule has 0 radical (unpaired) electrons. The number of hydrogen-bond donors (Lipinski definition) is 2. The van der Waals surface area contributed by atoms with Crippen molar-refractivity contribution in [3.8, 4) is 11.3 Å². The first-order valence-corrected chi connectivity index (χ1v) is 16.1. The average molecular weight is 564 g/mol. The lowest BCUT2D eigenvalue weighted by atomic mass is 10.1. The van der Waals surface area contributed by atoms with Crippen LogP contribution in [-0.4, -0.2) is 40.4 Å². The normalized spacial score (nSPS) is 15.4. The number of ether oxygens (including phenoxy) is 1. The van der Waals surface area contributed by atoms with E-state index in [2.05, 4.69) is 51.5 Å². The highest BCUT2D eigenvalue weighted by Gasteiger charge is 2.32. The molecule has 0 fully saturated rings. The van der Waals surface area contributed by atoms with Crippen molar-refractivity contribution < 1.29 is 14.6 Å². The van der Waals surface area contributed by atoms with Crippen LogP contribution in [-0.2, 0) is 17.9 Å². The van der Waals surface area contributed by atoms with Crippen molar-refractivity contribution >= 4 is 47.4 Å². The van der Waals surface area contributed by atoms with Crippen LogP contribution in [0.3, 0.4) is 0 Å². The Morgan fingerprint density at radius 2 is 2.06 bits per heavy atom. The van der Waals surface area contributed by atoms with Gasteiger partial charge in [-0.25, -0.2) is 9.78 Å². The Kier molecular flexibility index (Phi) is 7.47. The van der Waals surface area contributed by atoms with E-state index in [1.807, 2.05) is 18.3 Å². The first-order valence-electron chi connectivity index (χ1n) is 11.2. The van der Waals surface area contributed by atoms with E-state index < -0.39 is 14.2 Å². The molecular formula is C24H28BrClN4O3Si. The fourth-order valence-corrected chi connectivity index (χ4v) is 5.61. The van der Waals surface area contributed by atoms with Gasteiger partial charge in [-0.3, -0.25) is 10.3 Å². The van der Waals surface area contributed by atoms with Gasteiger partial charge in [-0.1, -0.05) is 43.4 Å². The molecule has 1 aliphatic carbocycles. The highest BCUT2D eigenvalue weighted by atomic mass is 79.9. The summed E-state index contributed by atoms with van der Waals surface area (Å²) in [6.45, 7) is 8.00. The second kappa shape index (κ2) is 10.2. The summed E-state index contributed by atoms with van der Waals surface area (Å²) in [5.74, 6) is 0.872. The van der Waals surface area contributed by atoms with Gasteiger partial charge in [0.1, 0.15) is 12.6 Å². The highest BCUT2D eigenvalue weighted by molar-refractivity contribution is 9.10. The molecule has 1 aromatic carbocycles. The molecule has 2 N–H and O–H groups in total. The van der Waals surface area contributed by atoms with E-state index in [1.165, 1.54) is 5.56 Å². The zero-order valence-corrected chi connectivity index (χ0v) is 22.8. The molecule has 2 aromatic heterocycles. The zero-order valence-electron chi connectivity index (χ0n) is 19.4. The molecule has 180 valence electrons. The molecule has 0 bridgehead atoms. The molecule has 0 aliphatic heterocycles. The Morgan fingerprint density at radius 3 is 2.74 bits per heavy atom. The first kappa shape index (κ1) is 24.9. The van der Waals surface area contributed by atoms with Crippen molar-refractivity contribution in [2.24, 2.45) is 0 Å². The molecule has 34 heavy (non-hydrogen) atoms. The summed E-state index contributed by atoms with van der Waals surface area (Å²) in [5.41, 5.74) is 4.34. The van der Waals surface area contributed by atoms with Gasteiger partial charge in [0.05, 0.1) is 17.3 Å². The van der Waals surface area contributed by atoms with E-state index in [0.29, 0.717) is 24.2 Å². The summed E-state index contributed by atoms with van der Waals surface area (Å²) >= 11 is 10.2. The maximum absolute atomic E-state index is 11.0. The number of aryl methyl sites for hydroxylation is 1. The number of anilines is 1. The summed E-state index contributed by atoms with van der Waals surface area (Å²) in [6.07, 6.45) is 2.55. The number of nitrogens with one attached hydrogen (secondary N) is 1. The van der Waals surface area contributed by atoms with Crippen LogP contribution < -0.4 is 5.32 Å². The predicted molar refractivity (Wildman–Crippen MR) is 141 cm³/mol. The van der Waals surface area contributed by atoms with Crippen LogP contribution in [0.2, 0.25) is 30.8 Å². The van der Waals surface area contributed by atoms with E-state index in [-0.39, 0.29) is 5.92 Å². The van der Waals surface area contributed by atoms with Gasteiger partial charge in [0.25, 0.3) is 0 Å². The van der Waals surface area contributed by atoms with Gasteiger partial charge in [-0.2, -0.15) is 0 Å². The topological polar surface area (TPSA) is 89.3 Å². The Morgan fingerprint density at radius 1 is 1.32 bits per heavy atom.